The van der Waals surface area contributed by atoms with Crippen LogP contribution in [0.1, 0.15) is 34.1 Å². The van der Waals surface area contributed by atoms with Crippen LogP contribution in [0.4, 0.5) is 0 Å². The molecule has 0 aromatic carbocycles. The van der Waals surface area contributed by atoms with Crippen molar-refractivity contribution >= 4 is 0 Å². The molecular formula is C11H21NO2. The molecule has 2 heterocycles. The van der Waals surface area contributed by atoms with Gasteiger partial charge in [0.05, 0.1) is 18.8 Å². The molecule has 3 nitrogen and oxygen atoms in total. The Hall–Kier alpha value is -0.120. The van der Waals surface area contributed by atoms with Crippen LogP contribution in [0.15, 0.2) is 0 Å². The minimum Gasteiger partial charge on any atom is -0.377 e. The Morgan fingerprint density at radius 3 is 2.36 bits per heavy atom. The van der Waals surface area contributed by atoms with Gasteiger partial charge in [0.2, 0.25) is 0 Å². The van der Waals surface area contributed by atoms with E-state index in [1.807, 2.05) is 0 Å². The van der Waals surface area contributed by atoms with Gasteiger partial charge in [-0.05, 0) is 13.8 Å². The molecule has 2 rings (SSSR count). The maximum Gasteiger partial charge on any atom is 0.145 e. The van der Waals surface area contributed by atoms with Gasteiger partial charge in [-0.25, -0.2) is 0 Å². The smallest absolute Gasteiger partial charge is 0.145 e. The average Bonchev–Trinajstić information content (AvgIpc) is 2.47. The summed E-state index contributed by atoms with van der Waals surface area (Å²) in [6.07, 6.45) is 0.965. The van der Waals surface area contributed by atoms with E-state index in [0.29, 0.717) is 6.61 Å². The number of hydrogen-bond acceptors (Lipinski definition) is 3. The first-order chi connectivity index (χ1) is 6.37. The van der Waals surface area contributed by atoms with Crippen molar-refractivity contribution in [3.05, 3.63) is 0 Å². The molecule has 1 N–H and O–H groups in total. The predicted molar refractivity (Wildman–Crippen MR) is 55.1 cm³/mol. The Labute approximate surface area is 86.2 Å². The van der Waals surface area contributed by atoms with E-state index in [-0.39, 0.29) is 16.7 Å². The van der Waals surface area contributed by atoms with E-state index in [1.54, 1.807) is 0 Å². The topological polar surface area (TPSA) is 30.5 Å². The van der Waals surface area contributed by atoms with Gasteiger partial charge in [-0.3, -0.25) is 5.32 Å². The normalized spacial score (nSPS) is 40.3. The zero-order valence-corrected chi connectivity index (χ0v) is 9.64. The molecule has 0 aromatic heterocycles. The lowest BCUT2D eigenvalue weighted by Gasteiger charge is -2.52. The summed E-state index contributed by atoms with van der Waals surface area (Å²) in [4.78, 5) is 0. The zero-order chi connectivity index (χ0) is 10.4. The third kappa shape index (κ3) is 1.47. The Bertz CT molecular complexity index is 229. The summed E-state index contributed by atoms with van der Waals surface area (Å²) < 4.78 is 11.6. The Morgan fingerprint density at radius 2 is 1.86 bits per heavy atom. The number of nitrogens with one attached hydrogen (secondary N) is 1. The highest BCUT2D eigenvalue weighted by Gasteiger charge is 2.51. The fourth-order valence-electron chi connectivity index (χ4n) is 2.02. The molecule has 14 heavy (non-hydrogen) atoms. The van der Waals surface area contributed by atoms with Crippen molar-refractivity contribution in [2.75, 3.05) is 19.8 Å². The van der Waals surface area contributed by atoms with Gasteiger partial charge in [0.25, 0.3) is 0 Å². The standard InChI is InChI=1S/C11H21NO2/c1-9(2)7-12-11(5-6-13-8-11)14-10(9,3)4/h12H,5-8H2,1-4H3. The van der Waals surface area contributed by atoms with E-state index in [9.17, 15) is 0 Å². The van der Waals surface area contributed by atoms with Crippen LogP contribution in [0.3, 0.4) is 0 Å². The monoisotopic (exact) mass is 199 g/mol. The lowest BCUT2D eigenvalue weighted by atomic mass is 9.75. The van der Waals surface area contributed by atoms with Crippen LogP contribution in [0.5, 0.6) is 0 Å². The number of hydrogen-bond donors (Lipinski definition) is 1. The maximum atomic E-state index is 6.20. The van der Waals surface area contributed by atoms with Gasteiger partial charge in [-0.2, -0.15) is 0 Å². The molecule has 82 valence electrons. The van der Waals surface area contributed by atoms with E-state index >= 15 is 0 Å². The summed E-state index contributed by atoms with van der Waals surface area (Å²) in [5.74, 6) is 0. The first-order valence-corrected chi connectivity index (χ1v) is 5.40. The van der Waals surface area contributed by atoms with E-state index < -0.39 is 0 Å². The highest BCUT2D eigenvalue weighted by Crippen LogP contribution is 2.42. The van der Waals surface area contributed by atoms with Crippen molar-refractivity contribution in [3.8, 4) is 0 Å². The number of ether oxygens (including phenoxy) is 2. The first-order valence-electron chi connectivity index (χ1n) is 5.40. The minimum atomic E-state index is -0.209. The van der Waals surface area contributed by atoms with Crippen LogP contribution in [0, 0.1) is 5.41 Å². The Morgan fingerprint density at radius 1 is 1.14 bits per heavy atom. The second-order valence-electron chi connectivity index (χ2n) is 5.65. The molecule has 0 radical (unpaired) electrons. The van der Waals surface area contributed by atoms with Gasteiger partial charge in [0.15, 0.2) is 0 Å². The van der Waals surface area contributed by atoms with Gasteiger partial charge < -0.3 is 9.47 Å². The van der Waals surface area contributed by atoms with Crippen LogP contribution in [0.2, 0.25) is 0 Å². The molecule has 2 aliphatic rings. The molecule has 1 unspecified atom stereocenters. The lowest BCUT2D eigenvalue weighted by molar-refractivity contribution is -0.233. The molecule has 3 heteroatoms. The molecule has 0 bridgehead atoms. The van der Waals surface area contributed by atoms with Gasteiger partial charge in [0, 0.05) is 18.4 Å². The summed E-state index contributed by atoms with van der Waals surface area (Å²) in [6, 6.07) is 0. The molecule has 0 aliphatic carbocycles. The molecule has 1 atom stereocenters. The highest BCUT2D eigenvalue weighted by molar-refractivity contribution is 5.00. The van der Waals surface area contributed by atoms with Crippen LogP contribution in [0.25, 0.3) is 0 Å². The molecule has 2 aliphatic heterocycles. The van der Waals surface area contributed by atoms with Crippen molar-refractivity contribution in [3.63, 3.8) is 0 Å². The summed E-state index contributed by atoms with van der Waals surface area (Å²) in [6.45, 7) is 11.3. The maximum absolute atomic E-state index is 6.20. The Kier molecular flexibility index (Phi) is 2.18. The zero-order valence-electron chi connectivity index (χ0n) is 9.64. The SMILES string of the molecule is CC1(C)CNC2(CCOC2)OC1(C)C. The fourth-order valence-corrected chi connectivity index (χ4v) is 2.02. The highest BCUT2D eigenvalue weighted by atomic mass is 16.6. The van der Waals surface area contributed by atoms with E-state index in [0.717, 1.165) is 19.6 Å². The second kappa shape index (κ2) is 2.94. The van der Waals surface area contributed by atoms with E-state index in [1.165, 1.54) is 0 Å². The van der Waals surface area contributed by atoms with Gasteiger partial charge in [0.1, 0.15) is 5.72 Å². The molecule has 2 saturated heterocycles. The van der Waals surface area contributed by atoms with Gasteiger partial charge in [-0.1, -0.05) is 13.8 Å². The Balaban J connectivity index is 2.16. The van der Waals surface area contributed by atoms with Crippen molar-refractivity contribution < 1.29 is 9.47 Å². The molecular weight excluding hydrogens is 178 g/mol. The quantitative estimate of drug-likeness (QED) is 0.641. The molecule has 0 amide bonds. The van der Waals surface area contributed by atoms with Crippen molar-refractivity contribution in [1.29, 1.82) is 0 Å². The van der Waals surface area contributed by atoms with Crippen molar-refractivity contribution in [2.24, 2.45) is 5.41 Å². The van der Waals surface area contributed by atoms with E-state index in [2.05, 4.69) is 33.0 Å². The van der Waals surface area contributed by atoms with Crippen LogP contribution >= 0.6 is 0 Å². The predicted octanol–water partition coefficient (Wildman–Crippen LogP) is 1.53. The van der Waals surface area contributed by atoms with Gasteiger partial charge >= 0.3 is 0 Å². The summed E-state index contributed by atoms with van der Waals surface area (Å²) in [5, 5.41) is 3.49. The summed E-state index contributed by atoms with van der Waals surface area (Å²) in [5.41, 5.74) is -0.133. The second-order valence-corrected chi connectivity index (χ2v) is 5.65. The molecule has 0 aromatic rings. The van der Waals surface area contributed by atoms with Crippen LogP contribution in [-0.4, -0.2) is 31.1 Å². The third-order valence-electron chi connectivity index (χ3n) is 3.92. The lowest BCUT2D eigenvalue weighted by Crippen LogP contribution is -2.65. The largest absolute Gasteiger partial charge is 0.377 e. The fraction of sp³-hybridized carbons (Fsp3) is 1.00. The molecule has 0 saturated carbocycles. The minimum absolute atomic E-state index is 0.0913. The van der Waals surface area contributed by atoms with Crippen LogP contribution in [-0.2, 0) is 9.47 Å². The molecule has 2 fully saturated rings. The first kappa shape index (κ1) is 10.4. The van der Waals surface area contributed by atoms with Crippen molar-refractivity contribution in [1.82, 2.24) is 5.32 Å². The summed E-state index contributed by atoms with van der Waals surface area (Å²) in [7, 11) is 0. The van der Waals surface area contributed by atoms with Gasteiger partial charge in [-0.15, -0.1) is 0 Å². The van der Waals surface area contributed by atoms with Crippen molar-refractivity contribution in [2.45, 2.75) is 45.4 Å². The number of rotatable bonds is 0. The summed E-state index contributed by atoms with van der Waals surface area (Å²) >= 11 is 0. The molecule has 1 spiro atoms. The third-order valence-corrected chi connectivity index (χ3v) is 3.92. The average molecular weight is 199 g/mol. The van der Waals surface area contributed by atoms with Crippen LogP contribution < -0.4 is 5.32 Å². The van der Waals surface area contributed by atoms with E-state index in [4.69, 9.17) is 9.47 Å².